The second-order valence-electron chi connectivity index (χ2n) is 8.64. The highest BCUT2D eigenvalue weighted by atomic mass is 32.2. The molecule has 4 aromatic rings. The molecule has 0 saturated heterocycles. The zero-order chi connectivity index (χ0) is 24.3. The Hall–Kier alpha value is -3.77. The molecule has 5 rings (SSSR count). The first-order valence-electron chi connectivity index (χ1n) is 11.4. The van der Waals surface area contributed by atoms with Crippen LogP contribution in [0.3, 0.4) is 0 Å². The fourth-order valence-electron chi connectivity index (χ4n) is 4.53. The Balaban J connectivity index is 1.47. The zero-order valence-corrected chi connectivity index (χ0v) is 20.1. The van der Waals surface area contributed by atoms with Gasteiger partial charge in [-0.2, -0.15) is 8.42 Å². The lowest BCUT2D eigenvalue weighted by Crippen LogP contribution is -2.25. The van der Waals surface area contributed by atoms with Crippen LogP contribution in [0, 0.1) is 0 Å². The summed E-state index contributed by atoms with van der Waals surface area (Å²) in [7, 11) is -3.58. The molecule has 35 heavy (non-hydrogen) atoms. The van der Waals surface area contributed by atoms with Gasteiger partial charge >= 0.3 is 10.1 Å². The van der Waals surface area contributed by atoms with Crippen molar-refractivity contribution in [3.05, 3.63) is 125 Å². The van der Waals surface area contributed by atoms with Crippen LogP contribution in [0.5, 0.6) is 17.2 Å². The molecule has 5 nitrogen and oxygen atoms in total. The molecule has 0 N–H and O–H groups in total. The van der Waals surface area contributed by atoms with Crippen LogP contribution in [-0.4, -0.2) is 21.3 Å². The van der Waals surface area contributed by atoms with Gasteiger partial charge in [-0.15, -0.1) is 0 Å². The molecule has 1 aliphatic rings. The number of hydrogen-bond acceptors (Lipinski definition) is 5. The second kappa shape index (κ2) is 9.84. The van der Waals surface area contributed by atoms with Gasteiger partial charge in [0.25, 0.3) is 0 Å². The maximum Gasteiger partial charge on any atom is 0.306 e. The third-order valence-electron chi connectivity index (χ3n) is 6.10. The quantitative estimate of drug-likeness (QED) is 0.304. The van der Waals surface area contributed by atoms with Crippen LogP contribution >= 0.6 is 0 Å². The average Bonchev–Trinajstić information content (AvgIpc) is 2.87. The highest BCUT2D eigenvalue weighted by Gasteiger charge is 2.33. The van der Waals surface area contributed by atoms with Crippen LogP contribution in [0.1, 0.15) is 34.1 Å². The fourth-order valence-corrected chi connectivity index (χ4v) is 4.99. The van der Waals surface area contributed by atoms with Crippen LogP contribution in [-0.2, 0) is 16.7 Å². The molecule has 0 amide bonds. The first kappa shape index (κ1) is 23.0. The van der Waals surface area contributed by atoms with Crippen molar-refractivity contribution in [2.24, 2.45) is 0 Å². The predicted octanol–water partition coefficient (Wildman–Crippen LogP) is 5.91. The number of ether oxygens (including phenoxy) is 2. The van der Waals surface area contributed by atoms with E-state index in [2.05, 4.69) is 18.2 Å². The largest absolute Gasteiger partial charge is 0.492 e. The van der Waals surface area contributed by atoms with E-state index in [1.54, 1.807) is 12.1 Å². The summed E-state index contributed by atoms with van der Waals surface area (Å²) in [5.74, 6) is 1.97. The molecule has 2 atom stereocenters. The van der Waals surface area contributed by atoms with E-state index in [4.69, 9.17) is 13.7 Å². The molecule has 0 saturated carbocycles. The molecular weight excluding hydrogens is 460 g/mol. The molecule has 0 spiro atoms. The molecule has 6 heteroatoms. The minimum atomic E-state index is -3.58. The summed E-state index contributed by atoms with van der Waals surface area (Å²) >= 11 is 0. The Morgan fingerprint density at radius 1 is 0.800 bits per heavy atom. The summed E-state index contributed by atoms with van der Waals surface area (Å²) in [6.07, 6.45) is 1.04. The van der Waals surface area contributed by atoms with Gasteiger partial charge in [0, 0.05) is 23.5 Å². The number of fused-ring (bicyclic) bond motifs is 1. The van der Waals surface area contributed by atoms with Gasteiger partial charge in [-0.25, -0.2) is 0 Å². The third-order valence-corrected chi connectivity index (χ3v) is 6.60. The maximum atomic E-state index is 11.5. The molecule has 0 unspecified atom stereocenters. The fraction of sp³-hybridized carbons (Fsp3) is 0.172. The van der Waals surface area contributed by atoms with Crippen molar-refractivity contribution in [2.45, 2.75) is 18.4 Å². The Morgan fingerprint density at radius 3 is 2.14 bits per heavy atom. The van der Waals surface area contributed by atoms with Crippen molar-refractivity contribution >= 4 is 10.1 Å². The van der Waals surface area contributed by atoms with Crippen LogP contribution in [0.2, 0.25) is 0 Å². The van der Waals surface area contributed by atoms with Crippen molar-refractivity contribution in [1.29, 1.82) is 0 Å². The van der Waals surface area contributed by atoms with E-state index >= 15 is 0 Å². The van der Waals surface area contributed by atoms with Gasteiger partial charge in [0.15, 0.2) is 0 Å². The van der Waals surface area contributed by atoms with Crippen LogP contribution in [0.15, 0.2) is 103 Å². The molecule has 0 aliphatic carbocycles. The summed E-state index contributed by atoms with van der Waals surface area (Å²) in [4.78, 5) is 0. The van der Waals surface area contributed by atoms with Gasteiger partial charge in [-0.1, -0.05) is 78.9 Å². The minimum absolute atomic E-state index is 0.0246. The monoisotopic (exact) mass is 486 g/mol. The van der Waals surface area contributed by atoms with Gasteiger partial charge < -0.3 is 13.7 Å². The first-order valence-corrected chi connectivity index (χ1v) is 13.3. The molecule has 0 fully saturated rings. The Morgan fingerprint density at radius 2 is 1.46 bits per heavy atom. The number of rotatable bonds is 7. The molecule has 0 aromatic heterocycles. The van der Waals surface area contributed by atoms with Crippen molar-refractivity contribution in [2.75, 3.05) is 12.9 Å². The lowest BCUT2D eigenvalue weighted by Gasteiger charge is -2.34. The highest BCUT2D eigenvalue weighted by Crippen LogP contribution is 2.47. The lowest BCUT2D eigenvalue weighted by molar-refractivity contribution is 0.245. The van der Waals surface area contributed by atoms with Gasteiger partial charge in [-0.3, -0.25) is 0 Å². The third kappa shape index (κ3) is 5.49. The molecule has 0 bridgehead atoms. The van der Waals surface area contributed by atoms with E-state index in [1.165, 1.54) is 5.56 Å². The van der Waals surface area contributed by atoms with E-state index < -0.39 is 10.1 Å². The van der Waals surface area contributed by atoms with E-state index in [0.717, 1.165) is 34.4 Å². The Kier molecular flexibility index (Phi) is 6.47. The molecule has 1 heterocycles. The summed E-state index contributed by atoms with van der Waals surface area (Å²) < 4.78 is 40.3. The van der Waals surface area contributed by atoms with Crippen molar-refractivity contribution in [3.8, 4) is 17.2 Å². The molecule has 1 aliphatic heterocycles. The Labute approximate surface area is 206 Å². The maximum absolute atomic E-state index is 11.5. The molecule has 178 valence electrons. The first-order chi connectivity index (χ1) is 17.0. The number of benzene rings is 4. The predicted molar refractivity (Wildman–Crippen MR) is 136 cm³/mol. The standard InChI is InChI=1S/C29H26O5S/c1-35(30,31)34-24-14-12-23(13-15-24)29-26-17-16-25(32-19-21-8-4-2-5-9-21)18-28(26)33-20-27(29)22-10-6-3-7-11-22/h2-18,27,29H,19-20H2,1H3/t27-,29-/m0/s1. The topological polar surface area (TPSA) is 61.8 Å². The highest BCUT2D eigenvalue weighted by molar-refractivity contribution is 7.86. The normalized spacial score (nSPS) is 17.2. The Bertz CT molecular complexity index is 1380. The van der Waals surface area contributed by atoms with Crippen molar-refractivity contribution in [1.82, 2.24) is 0 Å². The summed E-state index contributed by atoms with van der Waals surface area (Å²) in [5, 5.41) is 0. The van der Waals surface area contributed by atoms with E-state index in [0.29, 0.717) is 19.0 Å². The van der Waals surface area contributed by atoms with Crippen LogP contribution in [0.25, 0.3) is 0 Å². The van der Waals surface area contributed by atoms with Crippen LogP contribution < -0.4 is 13.7 Å². The zero-order valence-electron chi connectivity index (χ0n) is 19.3. The summed E-state index contributed by atoms with van der Waals surface area (Å²) in [6, 6.07) is 33.6. The smallest absolute Gasteiger partial charge is 0.306 e. The van der Waals surface area contributed by atoms with Gasteiger partial charge in [0.1, 0.15) is 23.9 Å². The lowest BCUT2D eigenvalue weighted by atomic mass is 9.76. The molecule has 4 aromatic carbocycles. The molecular formula is C29H26O5S. The average molecular weight is 487 g/mol. The van der Waals surface area contributed by atoms with Gasteiger partial charge in [-0.05, 0) is 34.9 Å². The van der Waals surface area contributed by atoms with Crippen molar-refractivity contribution < 1.29 is 22.1 Å². The van der Waals surface area contributed by atoms with E-state index in [-0.39, 0.29) is 11.8 Å². The van der Waals surface area contributed by atoms with Crippen LogP contribution in [0.4, 0.5) is 0 Å². The van der Waals surface area contributed by atoms with Gasteiger partial charge in [0.05, 0.1) is 12.9 Å². The van der Waals surface area contributed by atoms with Crippen molar-refractivity contribution in [3.63, 3.8) is 0 Å². The van der Waals surface area contributed by atoms with Gasteiger partial charge in [0.2, 0.25) is 0 Å². The summed E-state index contributed by atoms with van der Waals surface area (Å²) in [5.41, 5.74) is 4.41. The second-order valence-corrected chi connectivity index (χ2v) is 10.2. The summed E-state index contributed by atoms with van der Waals surface area (Å²) in [6.45, 7) is 1.00. The van der Waals surface area contributed by atoms with E-state index in [9.17, 15) is 8.42 Å². The number of hydrogen-bond donors (Lipinski definition) is 0. The minimum Gasteiger partial charge on any atom is -0.492 e. The molecule has 0 radical (unpaired) electrons. The SMILES string of the molecule is CS(=O)(=O)Oc1ccc([C@H]2c3ccc(OCc4ccccc4)cc3OC[C@H]2c2ccccc2)cc1. The van der Waals surface area contributed by atoms with E-state index in [1.807, 2.05) is 72.8 Å².